The summed E-state index contributed by atoms with van der Waals surface area (Å²) in [7, 11) is 0. The van der Waals surface area contributed by atoms with Gasteiger partial charge in [-0.2, -0.15) is 0 Å². The number of thiophene rings is 2. The molecule has 4 heteroatoms. The lowest BCUT2D eigenvalue weighted by Crippen LogP contribution is -2.23. The van der Waals surface area contributed by atoms with Crippen molar-refractivity contribution < 1.29 is 5.11 Å². The van der Waals surface area contributed by atoms with E-state index >= 15 is 0 Å². The fourth-order valence-corrected chi connectivity index (χ4v) is 3.27. The Morgan fingerprint density at radius 1 is 1.29 bits per heavy atom. The molecule has 0 saturated carbocycles. The van der Waals surface area contributed by atoms with Gasteiger partial charge in [-0.1, -0.05) is 6.07 Å². The molecule has 0 aliphatic rings. The molecule has 0 bridgehead atoms. The van der Waals surface area contributed by atoms with Crippen molar-refractivity contribution in [1.82, 2.24) is 5.32 Å². The zero-order valence-electron chi connectivity index (χ0n) is 10.0. The normalized spacial score (nSPS) is 14.8. The summed E-state index contributed by atoms with van der Waals surface area (Å²) >= 11 is 3.40. The molecule has 2 nitrogen and oxygen atoms in total. The third kappa shape index (κ3) is 3.39. The highest BCUT2D eigenvalue weighted by atomic mass is 32.1. The van der Waals surface area contributed by atoms with Crippen molar-refractivity contribution >= 4 is 22.7 Å². The summed E-state index contributed by atoms with van der Waals surface area (Å²) in [5.74, 6) is 0. The van der Waals surface area contributed by atoms with E-state index in [9.17, 15) is 5.11 Å². The third-order valence-electron chi connectivity index (χ3n) is 2.68. The Morgan fingerprint density at radius 3 is 2.71 bits per heavy atom. The Balaban J connectivity index is 1.86. The lowest BCUT2D eigenvalue weighted by Gasteiger charge is -2.15. The lowest BCUT2D eigenvalue weighted by molar-refractivity contribution is 0.174. The predicted molar refractivity (Wildman–Crippen MR) is 74.8 cm³/mol. The molecule has 0 amide bonds. The molecule has 2 unspecified atom stereocenters. The summed E-state index contributed by atoms with van der Waals surface area (Å²) in [5, 5.41) is 15.3. The summed E-state index contributed by atoms with van der Waals surface area (Å²) in [6.45, 7) is 4.84. The molecule has 2 rings (SSSR count). The van der Waals surface area contributed by atoms with E-state index in [1.54, 1.807) is 22.7 Å². The van der Waals surface area contributed by atoms with Gasteiger partial charge in [0.15, 0.2) is 0 Å². The van der Waals surface area contributed by atoms with E-state index < -0.39 is 6.10 Å². The standard InChI is InChI=1S/C13H17NOS2/c1-9-5-6-12(17-9)10(2)14-8-11(15)13-4-3-7-16-13/h3-7,10-11,14-15H,8H2,1-2H3. The summed E-state index contributed by atoms with van der Waals surface area (Å²) < 4.78 is 0. The van der Waals surface area contributed by atoms with Crippen molar-refractivity contribution in [3.05, 3.63) is 44.3 Å². The van der Waals surface area contributed by atoms with Gasteiger partial charge in [0.1, 0.15) is 6.10 Å². The van der Waals surface area contributed by atoms with E-state index in [4.69, 9.17) is 0 Å². The first kappa shape index (κ1) is 12.8. The van der Waals surface area contributed by atoms with Gasteiger partial charge in [-0.05, 0) is 37.4 Å². The van der Waals surface area contributed by atoms with Crippen LogP contribution in [0.2, 0.25) is 0 Å². The topological polar surface area (TPSA) is 32.3 Å². The van der Waals surface area contributed by atoms with Crippen molar-refractivity contribution in [2.24, 2.45) is 0 Å². The van der Waals surface area contributed by atoms with Gasteiger partial charge in [0.05, 0.1) is 0 Å². The molecule has 2 aromatic rings. The van der Waals surface area contributed by atoms with E-state index in [0.29, 0.717) is 12.6 Å². The van der Waals surface area contributed by atoms with Crippen molar-refractivity contribution in [1.29, 1.82) is 0 Å². The molecule has 2 heterocycles. The summed E-state index contributed by atoms with van der Waals surface area (Å²) in [6.07, 6.45) is -0.404. The molecule has 0 aliphatic heterocycles. The number of nitrogens with one attached hydrogen (secondary N) is 1. The molecule has 92 valence electrons. The SMILES string of the molecule is Cc1ccc(C(C)NCC(O)c2cccs2)s1. The molecular weight excluding hydrogens is 250 g/mol. The smallest absolute Gasteiger partial charge is 0.101 e. The van der Waals surface area contributed by atoms with Crippen LogP contribution in [-0.4, -0.2) is 11.7 Å². The van der Waals surface area contributed by atoms with Crippen LogP contribution < -0.4 is 5.32 Å². The van der Waals surface area contributed by atoms with Gasteiger partial charge < -0.3 is 10.4 Å². The molecular formula is C13H17NOS2. The minimum absolute atomic E-state index is 0.295. The highest BCUT2D eigenvalue weighted by Crippen LogP contribution is 2.23. The molecule has 2 aromatic heterocycles. The number of hydrogen-bond donors (Lipinski definition) is 2. The first-order valence-electron chi connectivity index (χ1n) is 5.68. The number of hydrogen-bond acceptors (Lipinski definition) is 4. The largest absolute Gasteiger partial charge is 0.386 e. The van der Waals surface area contributed by atoms with Gasteiger partial charge in [0.25, 0.3) is 0 Å². The number of aliphatic hydroxyl groups is 1. The van der Waals surface area contributed by atoms with E-state index in [2.05, 4.69) is 31.3 Å². The zero-order chi connectivity index (χ0) is 12.3. The maximum absolute atomic E-state index is 9.96. The Labute approximate surface area is 110 Å². The van der Waals surface area contributed by atoms with E-state index in [1.165, 1.54) is 9.75 Å². The van der Waals surface area contributed by atoms with E-state index in [-0.39, 0.29) is 0 Å². The molecule has 0 spiro atoms. The first-order valence-corrected chi connectivity index (χ1v) is 7.37. The Hall–Kier alpha value is -0.680. The minimum atomic E-state index is -0.404. The van der Waals surface area contributed by atoms with Crippen LogP contribution in [0.5, 0.6) is 0 Å². The van der Waals surface area contributed by atoms with Gasteiger partial charge >= 0.3 is 0 Å². The molecule has 0 saturated heterocycles. The van der Waals surface area contributed by atoms with Crippen molar-refractivity contribution in [3.8, 4) is 0 Å². The fraction of sp³-hybridized carbons (Fsp3) is 0.385. The fourth-order valence-electron chi connectivity index (χ4n) is 1.66. The molecule has 0 aliphatic carbocycles. The van der Waals surface area contributed by atoms with Gasteiger partial charge in [-0.15, -0.1) is 22.7 Å². The second-order valence-corrected chi connectivity index (χ2v) is 6.41. The van der Waals surface area contributed by atoms with Crippen LogP contribution >= 0.6 is 22.7 Å². The minimum Gasteiger partial charge on any atom is -0.386 e. The second-order valence-electron chi connectivity index (χ2n) is 4.11. The zero-order valence-corrected chi connectivity index (χ0v) is 11.6. The monoisotopic (exact) mass is 267 g/mol. The summed E-state index contributed by atoms with van der Waals surface area (Å²) in [5.41, 5.74) is 0. The summed E-state index contributed by atoms with van der Waals surface area (Å²) in [6, 6.07) is 8.51. The molecule has 0 radical (unpaired) electrons. The van der Waals surface area contributed by atoms with Crippen LogP contribution in [0.25, 0.3) is 0 Å². The third-order valence-corrected chi connectivity index (χ3v) is 4.83. The maximum atomic E-state index is 9.96. The van der Waals surface area contributed by atoms with Crippen molar-refractivity contribution in [2.75, 3.05) is 6.54 Å². The average molecular weight is 267 g/mol. The Kier molecular flexibility index (Phi) is 4.34. The van der Waals surface area contributed by atoms with Crippen LogP contribution in [0, 0.1) is 6.92 Å². The average Bonchev–Trinajstić information content (AvgIpc) is 2.95. The highest BCUT2D eigenvalue weighted by molar-refractivity contribution is 7.12. The number of rotatable bonds is 5. The maximum Gasteiger partial charge on any atom is 0.101 e. The molecule has 2 N–H and O–H groups in total. The number of aliphatic hydroxyl groups excluding tert-OH is 1. The quantitative estimate of drug-likeness (QED) is 0.869. The molecule has 17 heavy (non-hydrogen) atoms. The lowest BCUT2D eigenvalue weighted by atomic mass is 10.2. The van der Waals surface area contributed by atoms with Crippen LogP contribution in [0.15, 0.2) is 29.6 Å². The first-order chi connectivity index (χ1) is 8.16. The van der Waals surface area contributed by atoms with Crippen molar-refractivity contribution in [3.63, 3.8) is 0 Å². The van der Waals surface area contributed by atoms with Gasteiger partial charge in [-0.25, -0.2) is 0 Å². The highest BCUT2D eigenvalue weighted by Gasteiger charge is 2.12. The van der Waals surface area contributed by atoms with Gasteiger partial charge in [0, 0.05) is 27.2 Å². The van der Waals surface area contributed by atoms with Crippen LogP contribution in [0.4, 0.5) is 0 Å². The number of aryl methyl sites for hydroxylation is 1. The van der Waals surface area contributed by atoms with Crippen LogP contribution in [-0.2, 0) is 0 Å². The van der Waals surface area contributed by atoms with Crippen molar-refractivity contribution in [2.45, 2.75) is 26.0 Å². The second kappa shape index (κ2) is 5.78. The van der Waals surface area contributed by atoms with Crippen LogP contribution in [0.1, 0.15) is 33.7 Å². The molecule has 0 fully saturated rings. The van der Waals surface area contributed by atoms with E-state index in [0.717, 1.165) is 4.88 Å². The molecule has 2 atom stereocenters. The van der Waals surface area contributed by atoms with Crippen LogP contribution in [0.3, 0.4) is 0 Å². The van der Waals surface area contributed by atoms with Gasteiger partial charge in [0.2, 0.25) is 0 Å². The molecule has 0 aromatic carbocycles. The Morgan fingerprint density at radius 2 is 2.12 bits per heavy atom. The van der Waals surface area contributed by atoms with Gasteiger partial charge in [-0.3, -0.25) is 0 Å². The Bertz CT molecular complexity index is 450. The summed E-state index contributed by atoms with van der Waals surface area (Å²) in [4.78, 5) is 3.67. The predicted octanol–water partition coefficient (Wildman–Crippen LogP) is 3.50. The van der Waals surface area contributed by atoms with E-state index in [1.807, 2.05) is 17.5 Å².